The third kappa shape index (κ3) is 2.79. The number of fused-ring (bicyclic) bond motifs is 2. The van der Waals surface area contributed by atoms with Gasteiger partial charge >= 0.3 is 0 Å². The van der Waals surface area contributed by atoms with Crippen molar-refractivity contribution in [3.8, 4) is 28.5 Å². The van der Waals surface area contributed by atoms with Crippen LogP contribution in [0, 0.1) is 0 Å². The van der Waals surface area contributed by atoms with Gasteiger partial charge in [-0.05, 0) is 42.0 Å². The van der Waals surface area contributed by atoms with Crippen LogP contribution in [0.4, 0.5) is 5.82 Å². The fraction of sp³-hybridized carbons (Fsp3) is 0.100. The molecular weight excluding hydrogens is 344 g/mol. The first kappa shape index (κ1) is 15.5. The van der Waals surface area contributed by atoms with E-state index in [2.05, 4.69) is 15.3 Å². The zero-order valence-electron chi connectivity index (χ0n) is 14.3. The molecule has 2 aromatic carbocycles. The second kappa shape index (κ2) is 6.21. The number of nitrogens with zero attached hydrogens (tertiary/aromatic N) is 3. The summed E-state index contributed by atoms with van der Waals surface area (Å²) in [5, 5.41) is 12.8. The van der Waals surface area contributed by atoms with E-state index in [0.29, 0.717) is 12.4 Å². The molecule has 7 nitrogen and oxygen atoms in total. The fourth-order valence-corrected chi connectivity index (χ4v) is 3.13. The standard InChI is InChI=1S/C20H16N4O3/c25-15-4-2-14(3-5-15)16-11-23-20-19(21-7-8-24(16)20)22-10-13-1-6-17-18(9-13)27-12-26-17/h1-9,11,25H,10,12H2,(H,21,22). The minimum atomic E-state index is 0.236. The van der Waals surface area contributed by atoms with Crippen molar-refractivity contribution >= 4 is 11.5 Å². The summed E-state index contributed by atoms with van der Waals surface area (Å²) in [4.78, 5) is 8.94. The summed E-state index contributed by atoms with van der Waals surface area (Å²) in [5.41, 5.74) is 3.70. The predicted octanol–water partition coefficient (Wildman–Crippen LogP) is 3.44. The molecule has 3 heterocycles. The lowest BCUT2D eigenvalue weighted by molar-refractivity contribution is 0.174. The Morgan fingerprint density at radius 2 is 1.89 bits per heavy atom. The predicted molar refractivity (Wildman–Crippen MR) is 100.0 cm³/mol. The molecule has 0 atom stereocenters. The molecule has 0 saturated heterocycles. The molecular formula is C20H16N4O3. The SMILES string of the molecule is Oc1ccc(-c2cnc3c(NCc4ccc5c(c4)OCO5)nccn23)cc1. The number of imidazole rings is 1. The molecule has 0 bridgehead atoms. The molecule has 0 aliphatic carbocycles. The van der Waals surface area contributed by atoms with Gasteiger partial charge in [0, 0.05) is 24.5 Å². The first-order valence-corrected chi connectivity index (χ1v) is 8.52. The molecule has 134 valence electrons. The molecule has 2 N–H and O–H groups in total. The lowest BCUT2D eigenvalue weighted by atomic mass is 10.1. The third-order valence-electron chi connectivity index (χ3n) is 4.49. The summed E-state index contributed by atoms with van der Waals surface area (Å²) in [6, 6.07) is 12.9. The maximum atomic E-state index is 9.49. The highest BCUT2D eigenvalue weighted by Gasteiger charge is 2.14. The number of nitrogens with one attached hydrogen (secondary N) is 1. The molecule has 1 aliphatic heterocycles. The minimum absolute atomic E-state index is 0.236. The van der Waals surface area contributed by atoms with E-state index < -0.39 is 0 Å². The van der Waals surface area contributed by atoms with Crippen LogP contribution in [0.15, 0.2) is 61.1 Å². The van der Waals surface area contributed by atoms with Crippen LogP contribution in [0.3, 0.4) is 0 Å². The first-order chi connectivity index (χ1) is 13.3. The lowest BCUT2D eigenvalue weighted by Gasteiger charge is -2.08. The smallest absolute Gasteiger partial charge is 0.231 e. The van der Waals surface area contributed by atoms with Gasteiger partial charge in [0.1, 0.15) is 5.75 Å². The van der Waals surface area contributed by atoms with Gasteiger partial charge in [-0.2, -0.15) is 0 Å². The van der Waals surface area contributed by atoms with Gasteiger partial charge in [-0.15, -0.1) is 0 Å². The van der Waals surface area contributed by atoms with Gasteiger partial charge in [0.15, 0.2) is 23.0 Å². The Balaban J connectivity index is 1.43. The Kier molecular flexibility index (Phi) is 3.57. The minimum Gasteiger partial charge on any atom is -0.508 e. The van der Waals surface area contributed by atoms with Crippen LogP contribution < -0.4 is 14.8 Å². The van der Waals surface area contributed by atoms with E-state index in [1.807, 2.05) is 40.9 Å². The Bertz CT molecular complexity index is 1120. The van der Waals surface area contributed by atoms with Crippen molar-refractivity contribution < 1.29 is 14.6 Å². The molecule has 1 aliphatic rings. The summed E-state index contributed by atoms with van der Waals surface area (Å²) in [7, 11) is 0. The molecule has 27 heavy (non-hydrogen) atoms. The van der Waals surface area contributed by atoms with Crippen molar-refractivity contribution in [3.63, 3.8) is 0 Å². The number of hydrogen-bond acceptors (Lipinski definition) is 6. The number of ether oxygens (including phenoxy) is 2. The van der Waals surface area contributed by atoms with E-state index >= 15 is 0 Å². The molecule has 0 spiro atoms. The molecule has 0 unspecified atom stereocenters. The molecule has 4 aromatic rings. The normalized spacial score (nSPS) is 12.4. The van der Waals surface area contributed by atoms with Crippen LogP contribution in [0.2, 0.25) is 0 Å². The van der Waals surface area contributed by atoms with Gasteiger partial charge in [0.05, 0.1) is 11.9 Å². The van der Waals surface area contributed by atoms with Crippen molar-refractivity contribution in [1.29, 1.82) is 0 Å². The van der Waals surface area contributed by atoms with Crippen molar-refractivity contribution in [2.24, 2.45) is 0 Å². The van der Waals surface area contributed by atoms with Crippen LogP contribution in [-0.2, 0) is 6.54 Å². The van der Waals surface area contributed by atoms with Gasteiger partial charge in [0.25, 0.3) is 0 Å². The molecule has 7 heteroatoms. The number of phenolic OH excluding ortho intramolecular Hbond substituents is 1. The summed E-state index contributed by atoms with van der Waals surface area (Å²) < 4.78 is 12.7. The van der Waals surface area contributed by atoms with Gasteiger partial charge in [0.2, 0.25) is 6.79 Å². The number of anilines is 1. The van der Waals surface area contributed by atoms with Gasteiger partial charge in [-0.25, -0.2) is 9.97 Å². The van der Waals surface area contributed by atoms with Crippen LogP contribution >= 0.6 is 0 Å². The van der Waals surface area contributed by atoms with E-state index in [4.69, 9.17) is 9.47 Å². The van der Waals surface area contributed by atoms with Gasteiger partial charge in [-0.1, -0.05) is 6.07 Å². The number of phenols is 1. The van der Waals surface area contributed by atoms with Crippen molar-refractivity contribution in [1.82, 2.24) is 14.4 Å². The summed E-state index contributed by atoms with van der Waals surface area (Å²) in [6.07, 6.45) is 5.41. The number of benzene rings is 2. The van der Waals surface area contributed by atoms with Crippen LogP contribution in [0.1, 0.15) is 5.56 Å². The van der Waals surface area contributed by atoms with Crippen LogP contribution in [0.25, 0.3) is 16.9 Å². The number of aromatic nitrogens is 3. The monoisotopic (exact) mass is 360 g/mol. The molecule has 5 rings (SSSR count). The maximum Gasteiger partial charge on any atom is 0.231 e. The topological polar surface area (TPSA) is 80.9 Å². The van der Waals surface area contributed by atoms with E-state index in [1.165, 1.54) is 0 Å². The largest absolute Gasteiger partial charge is 0.508 e. The zero-order valence-corrected chi connectivity index (χ0v) is 14.3. The summed E-state index contributed by atoms with van der Waals surface area (Å²) in [5.74, 6) is 2.46. The second-order valence-corrected chi connectivity index (χ2v) is 6.20. The van der Waals surface area contributed by atoms with Gasteiger partial charge in [-0.3, -0.25) is 4.40 Å². The highest BCUT2D eigenvalue weighted by atomic mass is 16.7. The fourth-order valence-electron chi connectivity index (χ4n) is 3.13. The molecule has 0 fully saturated rings. The van der Waals surface area contributed by atoms with Crippen LogP contribution in [0.5, 0.6) is 17.2 Å². The Hall–Kier alpha value is -3.74. The Labute approximate surface area is 154 Å². The molecule has 0 radical (unpaired) electrons. The average Bonchev–Trinajstić information content (AvgIpc) is 3.33. The molecule has 2 aromatic heterocycles. The number of aromatic hydroxyl groups is 1. The van der Waals surface area contributed by atoms with E-state index in [9.17, 15) is 5.11 Å². The van der Waals surface area contributed by atoms with Crippen molar-refractivity contribution in [2.75, 3.05) is 12.1 Å². The Morgan fingerprint density at radius 1 is 1.04 bits per heavy atom. The highest BCUT2D eigenvalue weighted by Crippen LogP contribution is 2.32. The van der Waals surface area contributed by atoms with Crippen molar-refractivity contribution in [3.05, 3.63) is 66.6 Å². The summed E-state index contributed by atoms with van der Waals surface area (Å²) in [6.45, 7) is 0.853. The third-order valence-corrected chi connectivity index (χ3v) is 4.49. The maximum absolute atomic E-state index is 9.49. The molecule has 0 amide bonds. The molecule has 0 saturated carbocycles. The average molecular weight is 360 g/mol. The lowest BCUT2D eigenvalue weighted by Crippen LogP contribution is -2.04. The van der Waals surface area contributed by atoms with Crippen molar-refractivity contribution in [2.45, 2.75) is 6.54 Å². The zero-order chi connectivity index (χ0) is 18.2. The number of rotatable bonds is 4. The second-order valence-electron chi connectivity index (χ2n) is 6.20. The van der Waals surface area contributed by atoms with E-state index in [-0.39, 0.29) is 12.5 Å². The summed E-state index contributed by atoms with van der Waals surface area (Å²) >= 11 is 0. The van der Waals surface area contributed by atoms with E-state index in [0.717, 1.165) is 34.0 Å². The number of hydrogen-bond donors (Lipinski definition) is 2. The highest BCUT2D eigenvalue weighted by molar-refractivity contribution is 5.70. The quantitative estimate of drug-likeness (QED) is 0.580. The Morgan fingerprint density at radius 3 is 2.78 bits per heavy atom. The van der Waals surface area contributed by atoms with Gasteiger partial charge < -0.3 is 19.9 Å². The van der Waals surface area contributed by atoms with Crippen LogP contribution in [-0.4, -0.2) is 26.3 Å². The van der Waals surface area contributed by atoms with E-state index in [1.54, 1.807) is 24.5 Å². The first-order valence-electron chi connectivity index (χ1n) is 8.52.